The van der Waals surface area contributed by atoms with Gasteiger partial charge in [-0.15, -0.1) is 0 Å². The molecule has 0 aliphatic heterocycles. The van der Waals surface area contributed by atoms with Crippen molar-refractivity contribution >= 4 is 0 Å². The Kier molecular flexibility index (Phi) is 3.38. The molecule has 3 rings (SSSR count). The lowest BCUT2D eigenvalue weighted by atomic mass is 9.91. The number of fused-ring (bicyclic) bond motifs is 1. The molecule has 0 saturated carbocycles. The van der Waals surface area contributed by atoms with Gasteiger partial charge in [0.2, 0.25) is 0 Å². The van der Waals surface area contributed by atoms with Crippen LogP contribution in [0.4, 0.5) is 0 Å². The topological polar surface area (TPSA) is 29.9 Å². The summed E-state index contributed by atoms with van der Waals surface area (Å²) in [6, 6.07) is 11.3. The van der Waals surface area contributed by atoms with E-state index in [0.717, 1.165) is 6.54 Å². The second-order valence-corrected chi connectivity index (χ2v) is 5.26. The maximum absolute atomic E-state index is 4.32. The van der Waals surface area contributed by atoms with E-state index in [1.165, 1.54) is 29.7 Å². The molecule has 2 unspecified atom stereocenters. The van der Waals surface area contributed by atoms with Crippen molar-refractivity contribution in [2.24, 2.45) is 7.05 Å². The monoisotopic (exact) mass is 255 g/mol. The lowest BCUT2D eigenvalue weighted by molar-refractivity contribution is 0.427. The Morgan fingerprint density at radius 2 is 2.21 bits per heavy atom. The van der Waals surface area contributed by atoms with Gasteiger partial charge in [-0.25, -0.2) is 0 Å². The Labute approximate surface area is 114 Å². The molecule has 1 aliphatic rings. The summed E-state index contributed by atoms with van der Waals surface area (Å²) in [5.41, 5.74) is 4.30. The molecule has 1 N–H and O–H groups in total. The fourth-order valence-corrected chi connectivity index (χ4v) is 3.30. The van der Waals surface area contributed by atoms with Crippen LogP contribution in [-0.4, -0.2) is 16.3 Å². The first-order valence-corrected chi connectivity index (χ1v) is 7.10. The van der Waals surface area contributed by atoms with E-state index in [9.17, 15) is 0 Å². The van der Waals surface area contributed by atoms with Crippen LogP contribution in [0, 0.1) is 0 Å². The minimum Gasteiger partial charge on any atom is -0.308 e. The molecule has 0 bridgehead atoms. The summed E-state index contributed by atoms with van der Waals surface area (Å²) < 4.78 is 1.99. The number of nitrogens with zero attached hydrogens (tertiary/aromatic N) is 2. The molecule has 1 heterocycles. The molecule has 0 amide bonds. The standard InChI is InChI=1S/C16H21N3/c1-3-17-16(15-10-11-18-19(15)2)14-9-8-12-6-4-5-7-13(12)14/h4-7,10-11,14,16-17H,3,8-9H2,1-2H3. The predicted molar refractivity (Wildman–Crippen MR) is 77.1 cm³/mol. The van der Waals surface area contributed by atoms with Gasteiger partial charge in [0.05, 0.1) is 11.7 Å². The number of benzene rings is 1. The first kappa shape index (κ1) is 12.4. The number of aromatic nitrogens is 2. The zero-order valence-electron chi connectivity index (χ0n) is 11.6. The lowest BCUT2D eigenvalue weighted by Gasteiger charge is -2.25. The number of rotatable bonds is 4. The Morgan fingerprint density at radius 1 is 1.37 bits per heavy atom. The first-order chi connectivity index (χ1) is 9.31. The number of likely N-dealkylation sites (N-methyl/N-ethyl adjacent to an activating group) is 1. The molecule has 0 radical (unpaired) electrons. The van der Waals surface area contributed by atoms with Gasteiger partial charge in [-0.1, -0.05) is 31.2 Å². The quantitative estimate of drug-likeness (QED) is 0.910. The van der Waals surface area contributed by atoms with E-state index in [-0.39, 0.29) is 0 Å². The van der Waals surface area contributed by atoms with Crippen molar-refractivity contribution in [1.82, 2.24) is 15.1 Å². The molecule has 3 nitrogen and oxygen atoms in total. The van der Waals surface area contributed by atoms with Gasteiger partial charge in [0, 0.05) is 19.2 Å². The molecular weight excluding hydrogens is 234 g/mol. The van der Waals surface area contributed by atoms with Crippen LogP contribution in [-0.2, 0) is 13.5 Å². The van der Waals surface area contributed by atoms with Crippen LogP contribution in [0.1, 0.15) is 42.1 Å². The van der Waals surface area contributed by atoms with E-state index in [1.807, 2.05) is 17.9 Å². The molecule has 19 heavy (non-hydrogen) atoms. The summed E-state index contributed by atoms with van der Waals surface area (Å²) in [6.07, 6.45) is 4.31. The highest BCUT2D eigenvalue weighted by atomic mass is 15.3. The van der Waals surface area contributed by atoms with Gasteiger partial charge >= 0.3 is 0 Å². The Balaban J connectivity index is 1.96. The van der Waals surface area contributed by atoms with E-state index in [4.69, 9.17) is 0 Å². The van der Waals surface area contributed by atoms with Gasteiger partial charge in [0.25, 0.3) is 0 Å². The molecular formula is C16H21N3. The summed E-state index contributed by atoms with van der Waals surface area (Å²) in [4.78, 5) is 0. The molecule has 3 heteroatoms. The zero-order chi connectivity index (χ0) is 13.2. The summed E-state index contributed by atoms with van der Waals surface area (Å²) in [5, 5.41) is 7.97. The second-order valence-electron chi connectivity index (χ2n) is 5.26. The normalized spacial score (nSPS) is 19.4. The van der Waals surface area contributed by atoms with Crippen LogP contribution in [0.5, 0.6) is 0 Å². The van der Waals surface area contributed by atoms with Crippen molar-refractivity contribution in [1.29, 1.82) is 0 Å². The highest BCUT2D eigenvalue weighted by molar-refractivity contribution is 5.37. The molecule has 1 aromatic heterocycles. The van der Waals surface area contributed by atoms with Gasteiger partial charge in [0.1, 0.15) is 0 Å². The average Bonchev–Trinajstić information content (AvgIpc) is 3.03. The fraction of sp³-hybridized carbons (Fsp3) is 0.438. The summed E-state index contributed by atoms with van der Waals surface area (Å²) in [6.45, 7) is 3.15. The van der Waals surface area contributed by atoms with Crippen molar-refractivity contribution in [3.05, 3.63) is 53.3 Å². The smallest absolute Gasteiger partial charge is 0.0561 e. The maximum Gasteiger partial charge on any atom is 0.0561 e. The SMILES string of the molecule is CCNC(c1ccnn1C)C1CCc2ccccc21. The van der Waals surface area contributed by atoms with Crippen LogP contribution in [0.3, 0.4) is 0 Å². The van der Waals surface area contributed by atoms with E-state index >= 15 is 0 Å². The molecule has 0 spiro atoms. The second kappa shape index (κ2) is 5.17. The minimum atomic E-state index is 0.362. The summed E-state index contributed by atoms with van der Waals surface area (Å²) in [7, 11) is 2.03. The zero-order valence-corrected chi connectivity index (χ0v) is 11.6. The van der Waals surface area contributed by atoms with Crippen molar-refractivity contribution in [2.45, 2.75) is 31.7 Å². The van der Waals surface area contributed by atoms with Gasteiger partial charge in [-0.05, 0) is 36.6 Å². The van der Waals surface area contributed by atoms with E-state index in [0.29, 0.717) is 12.0 Å². The molecule has 0 saturated heterocycles. The van der Waals surface area contributed by atoms with Gasteiger partial charge in [-0.2, -0.15) is 5.10 Å². The number of aryl methyl sites for hydroxylation is 2. The third-order valence-electron chi connectivity index (χ3n) is 4.18. The Hall–Kier alpha value is -1.61. The minimum absolute atomic E-state index is 0.362. The molecule has 100 valence electrons. The van der Waals surface area contributed by atoms with Gasteiger partial charge in [0.15, 0.2) is 0 Å². The molecule has 0 fully saturated rings. The number of hydrogen-bond acceptors (Lipinski definition) is 2. The van der Waals surface area contributed by atoms with Crippen molar-refractivity contribution in [2.75, 3.05) is 6.54 Å². The van der Waals surface area contributed by atoms with E-state index < -0.39 is 0 Å². The highest BCUT2D eigenvalue weighted by Crippen LogP contribution is 2.41. The number of hydrogen-bond donors (Lipinski definition) is 1. The highest BCUT2D eigenvalue weighted by Gasteiger charge is 2.31. The largest absolute Gasteiger partial charge is 0.308 e. The van der Waals surface area contributed by atoms with Gasteiger partial charge in [-0.3, -0.25) is 4.68 Å². The predicted octanol–water partition coefficient (Wildman–Crippen LogP) is 2.80. The van der Waals surface area contributed by atoms with E-state index in [1.54, 1.807) is 0 Å². The molecule has 2 aromatic rings. The lowest BCUT2D eigenvalue weighted by Crippen LogP contribution is -2.28. The molecule has 1 aliphatic carbocycles. The van der Waals surface area contributed by atoms with Crippen LogP contribution in [0.25, 0.3) is 0 Å². The third kappa shape index (κ3) is 2.19. The number of nitrogens with one attached hydrogen (secondary N) is 1. The van der Waals surface area contributed by atoms with E-state index in [2.05, 4.69) is 47.7 Å². The van der Waals surface area contributed by atoms with Crippen molar-refractivity contribution in [3.63, 3.8) is 0 Å². The Morgan fingerprint density at radius 3 is 2.95 bits per heavy atom. The van der Waals surface area contributed by atoms with Crippen LogP contribution >= 0.6 is 0 Å². The first-order valence-electron chi connectivity index (χ1n) is 7.10. The maximum atomic E-state index is 4.32. The fourth-order valence-electron chi connectivity index (χ4n) is 3.30. The van der Waals surface area contributed by atoms with Crippen molar-refractivity contribution < 1.29 is 0 Å². The average molecular weight is 255 g/mol. The third-order valence-corrected chi connectivity index (χ3v) is 4.18. The summed E-state index contributed by atoms with van der Waals surface area (Å²) >= 11 is 0. The van der Waals surface area contributed by atoms with Crippen LogP contribution in [0.2, 0.25) is 0 Å². The van der Waals surface area contributed by atoms with Crippen molar-refractivity contribution in [3.8, 4) is 0 Å². The molecule has 2 atom stereocenters. The summed E-state index contributed by atoms with van der Waals surface area (Å²) in [5.74, 6) is 0.562. The van der Waals surface area contributed by atoms with Crippen LogP contribution < -0.4 is 5.32 Å². The Bertz CT molecular complexity index is 559. The van der Waals surface area contributed by atoms with Crippen LogP contribution in [0.15, 0.2) is 36.5 Å². The van der Waals surface area contributed by atoms with Gasteiger partial charge < -0.3 is 5.32 Å². The molecule has 1 aromatic carbocycles.